The summed E-state index contributed by atoms with van der Waals surface area (Å²) in [5.41, 5.74) is 1.27. The van der Waals surface area contributed by atoms with Crippen molar-refractivity contribution in [1.29, 1.82) is 0 Å². The summed E-state index contributed by atoms with van der Waals surface area (Å²) in [5, 5.41) is 7.05. The molecular formula is C17H21N3O2. The highest BCUT2D eigenvalue weighted by Gasteiger charge is 2.40. The summed E-state index contributed by atoms with van der Waals surface area (Å²) in [6, 6.07) is 7.58. The second-order valence-electron chi connectivity index (χ2n) is 6.11. The lowest BCUT2D eigenvalue weighted by Crippen LogP contribution is -2.47. The smallest absolute Gasteiger partial charge is 0.252 e. The number of benzene rings is 1. The third-order valence-electron chi connectivity index (χ3n) is 4.31. The van der Waals surface area contributed by atoms with Gasteiger partial charge in [0.15, 0.2) is 5.82 Å². The monoisotopic (exact) mass is 299 g/mol. The fourth-order valence-corrected chi connectivity index (χ4v) is 3.03. The summed E-state index contributed by atoms with van der Waals surface area (Å²) in [4.78, 5) is 17.0. The molecule has 22 heavy (non-hydrogen) atoms. The zero-order chi connectivity index (χ0) is 15.6. The number of hydrogen-bond acceptors (Lipinski definition) is 4. The molecule has 1 aliphatic rings. The molecule has 0 atom stereocenters. The summed E-state index contributed by atoms with van der Waals surface area (Å²) < 4.78 is 5.39. The molecule has 0 unspecified atom stereocenters. The highest BCUT2D eigenvalue weighted by Crippen LogP contribution is 2.36. The van der Waals surface area contributed by atoms with Crippen molar-refractivity contribution in [3.63, 3.8) is 0 Å². The molecule has 2 aromatic rings. The molecule has 116 valence electrons. The van der Waals surface area contributed by atoms with Crippen LogP contribution in [0.1, 0.15) is 59.7 Å². The van der Waals surface area contributed by atoms with Crippen molar-refractivity contribution in [3.8, 4) is 0 Å². The quantitative estimate of drug-likeness (QED) is 0.944. The van der Waals surface area contributed by atoms with E-state index in [9.17, 15) is 4.79 Å². The van der Waals surface area contributed by atoms with Gasteiger partial charge in [0.2, 0.25) is 0 Å². The van der Waals surface area contributed by atoms with Crippen molar-refractivity contribution in [2.45, 2.75) is 51.5 Å². The fourth-order valence-electron chi connectivity index (χ4n) is 3.03. The van der Waals surface area contributed by atoms with Crippen LogP contribution < -0.4 is 5.32 Å². The molecule has 3 rings (SSSR count). The van der Waals surface area contributed by atoms with Crippen LogP contribution >= 0.6 is 0 Å². The number of amides is 1. The van der Waals surface area contributed by atoms with Crippen LogP contribution in [0.25, 0.3) is 0 Å². The summed E-state index contributed by atoms with van der Waals surface area (Å²) in [7, 11) is 0. The van der Waals surface area contributed by atoms with Gasteiger partial charge in [0, 0.05) is 5.56 Å². The van der Waals surface area contributed by atoms with E-state index in [2.05, 4.69) is 15.5 Å². The molecule has 1 N–H and O–H groups in total. The van der Waals surface area contributed by atoms with Crippen molar-refractivity contribution in [2.75, 3.05) is 0 Å². The molecule has 1 aromatic heterocycles. The Morgan fingerprint density at radius 1 is 1.14 bits per heavy atom. The SMILES string of the molecule is Cc1ccc(C(=O)NC2(c3nc(C)no3)CCCCC2)cc1. The van der Waals surface area contributed by atoms with Gasteiger partial charge in [0.1, 0.15) is 5.54 Å². The first-order valence-corrected chi connectivity index (χ1v) is 7.79. The summed E-state index contributed by atoms with van der Waals surface area (Å²) in [6.45, 7) is 3.80. The average molecular weight is 299 g/mol. The first kappa shape index (κ1) is 14.8. The topological polar surface area (TPSA) is 68.0 Å². The van der Waals surface area contributed by atoms with Crippen LogP contribution in [0.3, 0.4) is 0 Å². The fraction of sp³-hybridized carbons (Fsp3) is 0.471. The Morgan fingerprint density at radius 3 is 2.41 bits per heavy atom. The van der Waals surface area contributed by atoms with E-state index < -0.39 is 5.54 Å². The van der Waals surface area contributed by atoms with Crippen LogP contribution in [-0.4, -0.2) is 16.0 Å². The number of aromatic nitrogens is 2. The normalized spacial score (nSPS) is 17.2. The van der Waals surface area contributed by atoms with Gasteiger partial charge < -0.3 is 9.84 Å². The highest BCUT2D eigenvalue weighted by molar-refractivity contribution is 5.94. The molecular weight excluding hydrogens is 278 g/mol. The summed E-state index contributed by atoms with van der Waals surface area (Å²) in [5.74, 6) is 1.05. The number of carbonyl (C=O) groups excluding carboxylic acids is 1. The average Bonchev–Trinajstić information content (AvgIpc) is 2.96. The van der Waals surface area contributed by atoms with Crippen LogP contribution in [0.5, 0.6) is 0 Å². The number of aryl methyl sites for hydroxylation is 2. The largest absolute Gasteiger partial charge is 0.338 e. The highest BCUT2D eigenvalue weighted by atomic mass is 16.5. The van der Waals surface area contributed by atoms with Crippen LogP contribution in [0, 0.1) is 13.8 Å². The maximum Gasteiger partial charge on any atom is 0.252 e. The van der Waals surface area contributed by atoms with Gasteiger partial charge in [0.25, 0.3) is 11.8 Å². The van der Waals surface area contributed by atoms with Crippen molar-refractivity contribution in [3.05, 3.63) is 47.1 Å². The van der Waals surface area contributed by atoms with E-state index in [-0.39, 0.29) is 5.91 Å². The van der Waals surface area contributed by atoms with Crippen LogP contribution in [0.4, 0.5) is 0 Å². The molecule has 0 bridgehead atoms. The maximum atomic E-state index is 12.6. The van der Waals surface area contributed by atoms with E-state index in [1.807, 2.05) is 31.2 Å². The number of carbonyl (C=O) groups is 1. The molecule has 0 aliphatic heterocycles. The Bertz CT molecular complexity index is 655. The first-order valence-electron chi connectivity index (χ1n) is 7.79. The number of rotatable bonds is 3. The zero-order valence-corrected chi connectivity index (χ0v) is 13.1. The minimum atomic E-state index is -0.526. The van der Waals surface area contributed by atoms with E-state index in [0.29, 0.717) is 17.3 Å². The number of nitrogens with one attached hydrogen (secondary N) is 1. The van der Waals surface area contributed by atoms with Gasteiger partial charge in [-0.3, -0.25) is 4.79 Å². The van der Waals surface area contributed by atoms with Crippen molar-refractivity contribution < 1.29 is 9.32 Å². The Morgan fingerprint density at radius 2 is 1.82 bits per heavy atom. The van der Waals surface area contributed by atoms with E-state index in [4.69, 9.17) is 4.52 Å². The van der Waals surface area contributed by atoms with Crippen molar-refractivity contribution in [2.24, 2.45) is 0 Å². The summed E-state index contributed by atoms with van der Waals surface area (Å²) >= 11 is 0. The Labute approximate surface area is 130 Å². The Balaban J connectivity index is 1.87. The molecule has 1 saturated carbocycles. The molecule has 0 saturated heterocycles. The van der Waals surface area contributed by atoms with Gasteiger partial charge >= 0.3 is 0 Å². The molecule has 5 heteroatoms. The van der Waals surface area contributed by atoms with Gasteiger partial charge in [-0.15, -0.1) is 0 Å². The van der Waals surface area contributed by atoms with Gasteiger partial charge in [-0.1, -0.05) is 42.1 Å². The molecule has 1 aliphatic carbocycles. The molecule has 0 radical (unpaired) electrons. The minimum Gasteiger partial charge on any atom is -0.338 e. The van der Waals surface area contributed by atoms with E-state index in [1.165, 1.54) is 6.42 Å². The van der Waals surface area contributed by atoms with E-state index in [1.54, 1.807) is 6.92 Å². The summed E-state index contributed by atoms with van der Waals surface area (Å²) in [6.07, 6.45) is 4.96. The standard InChI is InChI=1S/C17H21N3O2/c1-12-6-8-14(9-7-12)15(21)19-17(10-4-3-5-11-17)16-18-13(2)20-22-16/h6-9H,3-5,10-11H2,1-2H3,(H,19,21). The second kappa shape index (κ2) is 5.91. The van der Waals surface area contributed by atoms with Gasteiger partial charge in [-0.05, 0) is 38.8 Å². The maximum absolute atomic E-state index is 12.6. The lowest BCUT2D eigenvalue weighted by atomic mass is 9.81. The lowest BCUT2D eigenvalue weighted by molar-refractivity contribution is 0.0824. The molecule has 0 spiro atoms. The van der Waals surface area contributed by atoms with Gasteiger partial charge in [-0.25, -0.2) is 0 Å². The first-order chi connectivity index (χ1) is 10.6. The van der Waals surface area contributed by atoms with Crippen molar-refractivity contribution >= 4 is 5.91 Å². The van der Waals surface area contributed by atoms with Crippen molar-refractivity contribution in [1.82, 2.24) is 15.5 Å². The Hall–Kier alpha value is -2.17. The Kier molecular flexibility index (Phi) is 3.96. The minimum absolute atomic E-state index is 0.0854. The van der Waals surface area contributed by atoms with Gasteiger partial charge in [-0.2, -0.15) is 4.98 Å². The zero-order valence-electron chi connectivity index (χ0n) is 13.1. The molecule has 1 heterocycles. The molecule has 5 nitrogen and oxygen atoms in total. The third kappa shape index (κ3) is 2.89. The van der Waals surface area contributed by atoms with Crippen LogP contribution in [-0.2, 0) is 5.54 Å². The predicted molar refractivity (Wildman–Crippen MR) is 82.4 cm³/mol. The van der Waals surface area contributed by atoms with E-state index >= 15 is 0 Å². The van der Waals surface area contributed by atoms with E-state index in [0.717, 1.165) is 31.2 Å². The molecule has 1 amide bonds. The van der Waals surface area contributed by atoms with Crippen LogP contribution in [0.2, 0.25) is 0 Å². The third-order valence-corrected chi connectivity index (χ3v) is 4.31. The number of hydrogen-bond donors (Lipinski definition) is 1. The van der Waals surface area contributed by atoms with Gasteiger partial charge in [0.05, 0.1) is 0 Å². The second-order valence-corrected chi connectivity index (χ2v) is 6.11. The molecule has 1 fully saturated rings. The number of nitrogens with zero attached hydrogens (tertiary/aromatic N) is 2. The van der Waals surface area contributed by atoms with Crippen LogP contribution in [0.15, 0.2) is 28.8 Å². The molecule has 1 aromatic carbocycles. The lowest BCUT2D eigenvalue weighted by Gasteiger charge is -2.34. The predicted octanol–water partition coefficient (Wildman–Crippen LogP) is 3.28.